The predicted octanol–water partition coefficient (Wildman–Crippen LogP) is 3.06. The smallest absolute Gasteiger partial charge is 0.431 e. The van der Waals surface area contributed by atoms with E-state index in [1.165, 1.54) is 5.01 Å². The minimum absolute atomic E-state index is 0.0319. The molecule has 1 amide bonds. The van der Waals surface area contributed by atoms with Gasteiger partial charge >= 0.3 is 12.1 Å². The van der Waals surface area contributed by atoms with Gasteiger partial charge < -0.3 is 24.5 Å². The molecular weight excluding hydrogens is 557 g/mol. The van der Waals surface area contributed by atoms with Crippen LogP contribution in [0.15, 0.2) is 48.7 Å². The number of aliphatic hydroxyl groups is 1. The van der Waals surface area contributed by atoms with Crippen molar-refractivity contribution in [3.05, 3.63) is 70.0 Å². The third-order valence-electron chi connectivity index (χ3n) is 4.92. The molecule has 0 spiro atoms. The zero-order valence-electron chi connectivity index (χ0n) is 20.8. The number of rotatable bonds is 11. The van der Waals surface area contributed by atoms with E-state index >= 15 is 0 Å². The van der Waals surface area contributed by atoms with Gasteiger partial charge in [-0.25, -0.2) is 14.6 Å². The van der Waals surface area contributed by atoms with Gasteiger partial charge in [0.1, 0.15) is 0 Å². The molecule has 0 bridgehead atoms. The molecule has 13 nitrogen and oxygen atoms in total. The summed E-state index contributed by atoms with van der Waals surface area (Å²) >= 11 is 12.4. The standard InChI is InChI=1S/C24H25Cl2N5O8/c1-14(2)39-24(35)38-13-37-23(34)21(32)12-30(28-22(33)20-11-31(36)29-27-20)10-15-3-5-16(6-4-15)18-9-17(25)7-8-19(18)26/h3-9,11,14,21,32,36H,10,12-13H2,1-2H3,(H,28,33)/t21-/m1/s1. The lowest BCUT2D eigenvalue weighted by molar-refractivity contribution is -0.164. The van der Waals surface area contributed by atoms with Gasteiger partial charge in [-0.05, 0) is 48.4 Å². The molecule has 0 fully saturated rings. The highest BCUT2D eigenvalue weighted by molar-refractivity contribution is 6.35. The Hall–Kier alpha value is -3.91. The summed E-state index contributed by atoms with van der Waals surface area (Å²) in [4.78, 5) is 36.6. The van der Waals surface area contributed by atoms with Gasteiger partial charge in [-0.15, -0.1) is 5.10 Å². The van der Waals surface area contributed by atoms with Crippen molar-refractivity contribution in [2.24, 2.45) is 0 Å². The number of esters is 1. The lowest BCUT2D eigenvalue weighted by Gasteiger charge is -2.24. The van der Waals surface area contributed by atoms with E-state index in [1.807, 2.05) is 0 Å². The molecular formula is C24H25Cl2N5O8. The summed E-state index contributed by atoms with van der Waals surface area (Å²) in [5.74, 6) is -1.88. The average molecular weight is 582 g/mol. The highest BCUT2D eigenvalue weighted by Gasteiger charge is 2.24. The van der Waals surface area contributed by atoms with E-state index in [4.69, 9.17) is 32.7 Å². The summed E-state index contributed by atoms with van der Waals surface area (Å²) in [6.45, 7) is 2.06. The van der Waals surface area contributed by atoms with E-state index in [-0.39, 0.29) is 12.2 Å². The molecule has 0 radical (unpaired) electrons. The van der Waals surface area contributed by atoms with Gasteiger partial charge in [0.15, 0.2) is 11.8 Å². The maximum absolute atomic E-state index is 12.6. The van der Waals surface area contributed by atoms with Gasteiger partial charge in [-0.3, -0.25) is 10.2 Å². The Morgan fingerprint density at radius 2 is 1.82 bits per heavy atom. The molecule has 15 heteroatoms. The number of carbonyl (C=O) groups excluding carboxylic acids is 3. The molecule has 3 aromatic rings. The Morgan fingerprint density at radius 1 is 1.10 bits per heavy atom. The summed E-state index contributed by atoms with van der Waals surface area (Å²) in [6.07, 6.45) is -2.25. The van der Waals surface area contributed by atoms with Crippen LogP contribution in [0.3, 0.4) is 0 Å². The molecule has 0 saturated carbocycles. The molecule has 1 atom stereocenters. The van der Waals surface area contributed by atoms with Crippen LogP contribution in [0.4, 0.5) is 4.79 Å². The highest BCUT2D eigenvalue weighted by Crippen LogP contribution is 2.30. The van der Waals surface area contributed by atoms with Crippen LogP contribution in [-0.2, 0) is 25.5 Å². The van der Waals surface area contributed by atoms with E-state index in [0.29, 0.717) is 20.5 Å². The van der Waals surface area contributed by atoms with Crippen LogP contribution in [-0.4, -0.2) is 74.1 Å². The first-order valence-corrected chi connectivity index (χ1v) is 12.2. The number of nitrogens with one attached hydrogen (secondary N) is 1. The number of aromatic nitrogens is 3. The summed E-state index contributed by atoms with van der Waals surface area (Å²) < 4.78 is 14.1. The molecule has 208 valence electrons. The van der Waals surface area contributed by atoms with Crippen molar-refractivity contribution < 1.29 is 38.9 Å². The molecule has 1 aromatic heterocycles. The van der Waals surface area contributed by atoms with Crippen LogP contribution < -0.4 is 5.43 Å². The number of hydrazine groups is 1. The van der Waals surface area contributed by atoms with Crippen molar-refractivity contribution in [3.63, 3.8) is 0 Å². The maximum Gasteiger partial charge on any atom is 0.511 e. The Balaban J connectivity index is 1.68. The number of aliphatic hydroxyl groups excluding tert-OH is 1. The van der Waals surface area contributed by atoms with Crippen molar-refractivity contribution >= 4 is 41.2 Å². The Morgan fingerprint density at radius 3 is 2.46 bits per heavy atom. The molecule has 0 aliphatic rings. The zero-order valence-corrected chi connectivity index (χ0v) is 22.3. The van der Waals surface area contributed by atoms with E-state index in [9.17, 15) is 24.7 Å². The van der Waals surface area contributed by atoms with Crippen molar-refractivity contribution in [2.75, 3.05) is 13.3 Å². The van der Waals surface area contributed by atoms with E-state index in [2.05, 4.69) is 20.5 Å². The Labute approximate surface area is 232 Å². The predicted molar refractivity (Wildman–Crippen MR) is 137 cm³/mol. The lowest BCUT2D eigenvalue weighted by Crippen LogP contribution is -2.47. The molecule has 3 N–H and O–H groups in total. The summed E-state index contributed by atoms with van der Waals surface area (Å²) in [6, 6.07) is 12.2. The van der Waals surface area contributed by atoms with Crippen molar-refractivity contribution in [1.29, 1.82) is 0 Å². The van der Waals surface area contributed by atoms with Crippen LogP contribution in [0, 0.1) is 0 Å². The monoisotopic (exact) mass is 581 g/mol. The first-order valence-electron chi connectivity index (χ1n) is 11.4. The number of carbonyl (C=O) groups is 3. The number of hydrogen-bond donors (Lipinski definition) is 3. The zero-order chi connectivity index (χ0) is 28.5. The van der Waals surface area contributed by atoms with Crippen molar-refractivity contribution in [3.8, 4) is 11.1 Å². The molecule has 0 saturated heterocycles. The number of ether oxygens (including phenoxy) is 3. The molecule has 0 aliphatic carbocycles. The molecule has 0 aliphatic heterocycles. The van der Waals surface area contributed by atoms with Crippen LogP contribution in [0.25, 0.3) is 11.1 Å². The van der Waals surface area contributed by atoms with Gasteiger partial charge in [0, 0.05) is 22.2 Å². The number of hydrogen-bond acceptors (Lipinski definition) is 11. The molecule has 39 heavy (non-hydrogen) atoms. The fourth-order valence-electron chi connectivity index (χ4n) is 3.18. The van der Waals surface area contributed by atoms with Gasteiger partial charge in [0.2, 0.25) is 6.79 Å². The first kappa shape index (κ1) is 29.6. The topological polar surface area (TPSA) is 165 Å². The summed E-state index contributed by atoms with van der Waals surface area (Å²) in [7, 11) is 0. The molecule has 0 unspecified atom stereocenters. The first-order chi connectivity index (χ1) is 18.5. The molecule has 1 heterocycles. The second kappa shape index (κ2) is 13.8. The largest absolute Gasteiger partial charge is 0.511 e. The molecule has 2 aromatic carbocycles. The van der Waals surface area contributed by atoms with Crippen LogP contribution >= 0.6 is 23.2 Å². The normalized spacial score (nSPS) is 11.8. The van der Waals surface area contributed by atoms with Gasteiger partial charge in [0.25, 0.3) is 5.91 Å². The maximum atomic E-state index is 12.6. The highest BCUT2D eigenvalue weighted by atomic mass is 35.5. The van der Waals surface area contributed by atoms with Crippen molar-refractivity contribution in [2.45, 2.75) is 32.6 Å². The van der Waals surface area contributed by atoms with Crippen LogP contribution in [0.2, 0.25) is 10.0 Å². The van der Waals surface area contributed by atoms with Gasteiger partial charge in [-0.2, -0.15) is 0 Å². The summed E-state index contributed by atoms with van der Waals surface area (Å²) in [5.41, 5.74) is 4.48. The Kier molecular flexibility index (Phi) is 10.5. The van der Waals surface area contributed by atoms with E-state index in [1.54, 1.807) is 56.3 Å². The number of halogens is 2. The average Bonchev–Trinajstić information content (AvgIpc) is 3.32. The van der Waals surface area contributed by atoms with E-state index < -0.39 is 43.6 Å². The summed E-state index contributed by atoms with van der Waals surface area (Å²) in [5, 5.41) is 28.7. The second-order valence-electron chi connectivity index (χ2n) is 8.32. The van der Waals surface area contributed by atoms with Gasteiger partial charge in [0.05, 0.1) is 18.8 Å². The van der Waals surface area contributed by atoms with Crippen molar-refractivity contribution in [1.82, 2.24) is 25.6 Å². The SMILES string of the molecule is CC(C)OC(=O)OCOC(=O)[C@H](O)CN(Cc1ccc(-c2cc(Cl)ccc2Cl)cc1)NC(=O)c1cn(O)nn1. The number of nitrogens with zero attached hydrogens (tertiary/aromatic N) is 4. The second-order valence-corrected chi connectivity index (χ2v) is 9.17. The quantitative estimate of drug-likeness (QED) is 0.132. The van der Waals surface area contributed by atoms with E-state index in [0.717, 1.165) is 17.3 Å². The minimum Gasteiger partial charge on any atom is -0.431 e. The minimum atomic E-state index is -1.74. The fraction of sp³-hybridized carbons (Fsp3) is 0.292. The Bertz CT molecular complexity index is 1300. The van der Waals surface area contributed by atoms with Crippen LogP contribution in [0.1, 0.15) is 29.9 Å². The number of amides is 1. The third kappa shape index (κ3) is 9.11. The van der Waals surface area contributed by atoms with Crippen LogP contribution in [0.5, 0.6) is 0 Å². The van der Waals surface area contributed by atoms with Gasteiger partial charge in [-0.1, -0.05) is 52.3 Å². The molecule has 3 rings (SSSR count). The fourth-order valence-corrected chi connectivity index (χ4v) is 3.58. The number of benzene rings is 2. The third-order valence-corrected chi connectivity index (χ3v) is 5.48. The lowest BCUT2D eigenvalue weighted by atomic mass is 10.0.